The molecule has 2 rings (SSSR count). The number of carbonyl (C=O) groups excluding carboxylic acids is 1. The van der Waals surface area contributed by atoms with Crippen LogP contribution in [0, 0.1) is 0 Å². The average molecular weight is 251 g/mol. The summed E-state index contributed by atoms with van der Waals surface area (Å²) in [5, 5.41) is 2.92. The Bertz CT molecular complexity index is 455. The van der Waals surface area contributed by atoms with Gasteiger partial charge < -0.3 is 19.5 Å². The van der Waals surface area contributed by atoms with Gasteiger partial charge in [-0.2, -0.15) is 0 Å². The molecule has 0 unspecified atom stereocenters. The molecule has 1 aliphatic rings. The predicted molar refractivity (Wildman–Crippen MR) is 66.6 cm³/mol. The van der Waals surface area contributed by atoms with E-state index >= 15 is 0 Å². The van der Waals surface area contributed by atoms with Crippen molar-refractivity contribution in [3.63, 3.8) is 0 Å². The van der Waals surface area contributed by atoms with E-state index in [1.54, 1.807) is 19.2 Å². The highest BCUT2D eigenvalue weighted by molar-refractivity contribution is 5.98. The SMILES string of the molecule is COc1ccc(C(=O)NC2CC2)c(OC)c1OC. The molecule has 1 aliphatic carbocycles. The van der Waals surface area contributed by atoms with Gasteiger partial charge in [0.05, 0.1) is 26.9 Å². The molecule has 5 heteroatoms. The van der Waals surface area contributed by atoms with Crippen LogP contribution in [-0.2, 0) is 0 Å². The van der Waals surface area contributed by atoms with E-state index in [1.165, 1.54) is 14.2 Å². The minimum Gasteiger partial charge on any atom is -0.493 e. The zero-order valence-electron chi connectivity index (χ0n) is 10.8. The van der Waals surface area contributed by atoms with Crippen molar-refractivity contribution >= 4 is 5.91 Å². The first-order valence-electron chi connectivity index (χ1n) is 5.81. The summed E-state index contributed by atoms with van der Waals surface area (Å²) in [7, 11) is 4.56. The Kier molecular flexibility index (Phi) is 3.60. The molecule has 0 spiro atoms. The Morgan fingerprint density at radius 3 is 2.28 bits per heavy atom. The van der Waals surface area contributed by atoms with E-state index in [0.29, 0.717) is 28.9 Å². The van der Waals surface area contributed by atoms with Gasteiger partial charge in [-0.05, 0) is 25.0 Å². The van der Waals surface area contributed by atoms with Crippen LogP contribution in [0.25, 0.3) is 0 Å². The van der Waals surface area contributed by atoms with Crippen molar-refractivity contribution in [2.24, 2.45) is 0 Å². The van der Waals surface area contributed by atoms with Crippen LogP contribution in [0.15, 0.2) is 12.1 Å². The number of nitrogens with one attached hydrogen (secondary N) is 1. The van der Waals surface area contributed by atoms with Gasteiger partial charge in [-0.15, -0.1) is 0 Å². The fourth-order valence-electron chi connectivity index (χ4n) is 1.77. The van der Waals surface area contributed by atoms with Crippen molar-refractivity contribution < 1.29 is 19.0 Å². The van der Waals surface area contributed by atoms with Crippen LogP contribution in [0.3, 0.4) is 0 Å². The smallest absolute Gasteiger partial charge is 0.255 e. The fourth-order valence-corrected chi connectivity index (χ4v) is 1.77. The van der Waals surface area contributed by atoms with Gasteiger partial charge in [0.25, 0.3) is 5.91 Å². The van der Waals surface area contributed by atoms with E-state index in [0.717, 1.165) is 12.8 Å². The molecule has 0 saturated heterocycles. The number of benzene rings is 1. The van der Waals surface area contributed by atoms with Crippen molar-refractivity contribution in [1.82, 2.24) is 5.32 Å². The van der Waals surface area contributed by atoms with E-state index in [9.17, 15) is 4.79 Å². The molecule has 5 nitrogen and oxygen atoms in total. The Morgan fingerprint density at radius 2 is 1.78 bits per heavy atom. The molecule has 1 saturated carbocycles. The van der Waals surface area contributed by atoms with E-state index in [2.05, 4.69) is 5.32 Å². The Hall–Kier alpha value is -1.91. The average Bonchev–Trinajstić information content (AvgIpc) is 3.20. The van der Waals surface area contributed by atoms with Gasteiger partial charge in [-0.25, -0.2) is 0 Å². The van der Waals surface area contributed by atoms with Crippen LogP contribution in [0.1, 0.15) is 23.2 Å². The minimum atomic E-state index is -0.143. The summed E-state index contributed by atoms with van der Waals surface area (Å²) in [6, 6.07) is 3.68. The van der Waals surface area contributed by atoms with Crippen molar-refractivity contribution in [2.45, 2.75) is 18.9 Å². The predicted octanol–water partition coefficient (Wildman–Crippen LogP) is 1.60. The summed E-state index contributed by atoms with van der Waals surface area (Å²) in [4.78, 5) is 12.1. The minimum absolute atomic E-state index is 0.143. The molecule has 1 aromatic rings. The molecule has 98 valence electrons. The summed E-state index contributed by atoms with van der Waals surface area (Å²) in [5.41, 5.74) is 0.460. The highest BCUT2D eigenvalue weighted by Gasteiger charge is 2.27. The molecule has 0 bridgehead atoms. The normalized spacial score (nSPS) is 13.9. The number of ether oxygens (including phenoxy) is 3. The number of methoxy groups -OCH3 is 3. The molecule has 0 heterocycles. The quantitative estimate of drug-likeness (QED) is 0.863. The standard InChI is InChI=1S/C13H17NO4/c1-16-10-7-6-9(11(17-2)12(10)18-3)13(15)14-8-4-5-8/h6-8H,4-5H2,1-3H3,(H,14,15). The number of hydrogen-bond acceptors (Lipinski definition) is 4. The van der Waals surface area contributed by atoms with Crippen molar-refractivity contribution in [2.75, 3.05) is 21.3 Å². The van der Waals surface area contributed by atoms with Gasteiger partial charge in [0.2, 0.25) is 5.75 Å². The van der Waals surface area contributed by atoms with Crippen molar-refractivity contribution in [3.05, 3.63) is 17.7 Å². The van der Waals surface area contributed by atoms with Crippen molar-refractivity contribution in [3.8, 4) is 17.2 Å². The molecular formula is C13H17NO4. The maximum atomic E-state index is 12.1. The second kappa shape index (κ2) is 5.16. The zero-order chi connectivity index (χ0) is 13.1. The molecule has 0 atom stereocenters. The maximum absolute atomic E-state index is 12.1. The van der Waals surface area contributed by atoms with Gasteiger partial charge >= 0.3 is 0 Å². The van der Waals surface area contributed by atoms with Crippen molar-refractivity contribution in [1.29, 1.82) is 0 Å². The van der Waals surface area contributed by atoms with Gasteiger partial charge in [0, 0.05) is 6.04 Å². The lowest BCUT2D eigenvalue weighted by Crippen LogP contribution is -2.25. The topological polar surface area (TPSA) is 56.8 Å². The van der Waals surface area contributed by atoms with Gasteiger partial charge in [0.1, 0.15) is 0 Å². The fraction of sp³-hybridized carbons (Fsp3) is 0.462. The highest BCUT2D eigenvalue weighted by atomic mass is 16.5. The molecule has 18 heavy (non-hydrogen) atoms. The van der Waals surface area contributed by atoms with Crippen LogP contribution < -0.4 is 19.5 Å². The summed E-state index contributed by atoms with van der Waals surface area (Å²) in [5.74, 6) is 1.23. The molecule has 1 fully saturated rings. The maximum Gasteiger partial charge on any atom is 0.255 e. The Balaban J connectivity index is 2.36. The molecule has 0 aliphatic heterocycles. The first-order chi connectivity index (χ1) is 8.71. The summed E-state index contributed by atoms with van der Waals surface area (Å²) >= 11 is 0. The van der Waals surface area contributed by atoms with E-state index in [-0.39, 0.29) is 5.91 Å². The largest absolute Gasteiger partial charge is 0.493 e. The summed E-state index contributed by atoms with van der Waals surface area (Å²) in [6.45, 7) is 0. The number of rotatable bonds is 5. The number of hydrogen-bond donors (Lipinski definition) is 1. The molecule has 0 aromatic heterocycles. The van der Waals surface area contributed by atoms with Crippen LogP contribution in [0.5, 0.6) is 17.2 Å². The third-order valence-electron chi connectivity index (χ3n) is 2.86. The van der Waals surface area contributed by atoms with Gasteiger partial charge in [0.15, 0.2) is 11.5 Å². The molecule has 0 radical (unpaired) electrons. The highest BCUT2D eigenvalue weighted by Crippen LogP contribution is 2.39. The first kappa shape index (κ1) is 12.5. The summed E-state index contributed by atoms with van der Waals surface area (Å²) in [6.07, 6.45) is 2.09. The van der Waals surface area contributed by atoms with Gasteiger partial charge in [-0.3, -0.25) is 4.79 Å². The number of amides is 1. The van der Waals surface area contributed by atoms with E-state index in [1.807, 2.05) is 0 Å². The van der Waals surface area contributed by atoms with Crippen LogP contribution in [0.4, 0.5) is 0 Å². The Morgan fingerprint density at radius 1 is 1.11 bits per heavy atom. The van der Waals surface area contributed by atoms with E-state index < -0.39 is 0 Å². The van der Waals surface area contributed by atoms with Crippen LogP contribution in [0.2, 0.25) is 0 Å². The van der Waals surface area contributed by atoms with Gasteiger partial charge in [-0.1, -0.05) is 0 Å². The third kappa shape index (κ3) is 2.34. The Labute approximate surface area is 106 Å². The molecule has 1 N–H and O–H groups in total. The zero-order valence-corrected chi connectivity index (χ0v) is 10.8. The number of carbonyl (C=O) groups is 1. The lowest BCUT2D eigenvalue weighted by Gasteiger charge is -2.15. The third-order valence-corrected chi connectivity index (χ3v) is 2.86. The monoisotopic (exact) mass is 251 g/mol. The summed E-state index contributed by atoms with van der Waals surface area (Å²) < 4.78 is 15.7. The molecule has 1 aromatic carbocycles. The van der Waals surface area contributed by atoms with Crippen LogP contribution >= 0.6 is 0 Å². The van der Waals surface area contributed by atoms with E-state index in [4.69, 9.17) is 14.2 Å². The lowest BCUT2D eigenvalue weighted by molar-refractivity contribution is 0.0947. The second-order valence-corrected chi connectivity index (χ2v) is 4.13. The first-order valence-corrected chi connectivity index (χ1v) is 5.81. The molecule has 1 amide bonds. The lowest BCUT2D eigenvalue weighted by atomic mass is 10.1. The second-order valence-electron chi connectivity index (χ2n) is 4.13. The van der Waals surface area contributed by atoms with Crippen LogP contribution in [-0.4, -0.2) is 33.3 Å². The molecular weight excluding hydrogens is 234 g/mol.